The first-order chi connectivity index (χ1) is 3.98. The molecule has 0 aliphatic carbocycles. The van der Waals surface area contributed by atoms with Gasteiger partial charge in [-0.2, -0.15) is 0 Å². The predicted molar refractivity (Wildman–Crippen MR) is 31.2 cm³/mol. The fourth-order valence-electron chi connectivity index (χ4n) is 0.498. The Bertz CT molecular complexity index is 77.6. The van der Waals surface area contributed by atoms with Crippen LogP contribution in [0.2, 0.25) is 0 Å². The number of aliphatic hydroxyl groups is 1. The number of hydrogen-bond donors (Lipinski definition) is 1. The summed E-state index contributed by atoms with van der Waals surface area (Å²) in [6.07, 6.45) is 1.66. The zero-order valence-electron chi connectivity index (χ0n) is 6.94. The highest BCUT2D eigenvalue weighted by Crippen LogP contribution is 2.01. The second-order valence-electron chi connectivity index (χ2n) is 1.82. The van der Waals surface area contributed by atoms with Crippen LogP contribution in [0.4, 0.5) is 0 Å². The van der Waals surface area contributed by atoms with E-state index in [0.717, 1.165) is 12.8 Å². The van der Waals surface area contributed by atoms with Crippen LogP contribution in [-0.4, -0.2) is 11.7 Å². The fraction of sp³-hybridized carbons (Fsp3) is 1.00. The van der Waals surface area contributed by atoms with Crippen LogP contribution in [0, 0.1) is 5.92 Å². The minimum Gasteiger partial charge on any atom is -0.396 e. The summed E-state index contributed by atoms with van der Waals surface area (Å²) in [6, 6.07) is 0. The summed E-state index contributed by atoms with van der Waals surface area (Å²) < 4.78 is 13.7. The maximum atomic E-state index is 8.75. The van der Waals surface area contributed by atoms with Gasteiger partial charge in [-0.15, -0.1) is 0 Å². The van der Waals surface area contributed by atoms with E-state index in [9.17, 15) is 0 Å². The molecule has 0 saturated heterocycles. The lowest BCUT2D eigenvalue weighted by molar-refractivity contribution is 0.229. The average Bonchev–Trinajstić information content (AvgIpc) is 1.64. The molecule has 0 aliphatic rings. The minimum atomic E-state index is -1.99. The van der Waals surface area contributed by atoms with Crippen molar-refractivity contribution in [1.29, 1.82) is 0 Å². The molecular weight excluding hydrogens is 88.1 g/mol. The van der Waals surface area contributed by atoms with Gasteiger partial charge in [-0.05, 0) is 12.3 Å². The second kappa shape index (κ2) is 4.13. The molecule has 0 aliphatic heterocycles. The van der Waals surface area contributed by atoms with E-state index >= 15 is 0 Å². The molecule has 0 saturated carbocycles. The van der Waals surface area contributed by atoms with Gasteiger partial charge in [0.25, 0.3) is 0 Å². The van der Waals surface area contributed by atoms with Gasteiger partial charge in [0, 0.05) is 6.56 Å². The standard InChI is InChI=1S/C6H14O/c1-3-4-6(2)5-7/h6-7H,3-5H2,1-2H3/t6-/m0/s1/i5D2. The summed E-state index contributed by atoms with van der Waals surface area (Å²) in [6.45, 7) is 1.70. The third-order valence-electron chi connectivity index (χ3n) is 0.942. The summed E-state index contributed by atoms with van der Waals surface area (Å²) in [5.74, 6) is -0.248. The first-order valence-corrected chi connectivity index (χ1v) is 2.70. The van der Waals surface area contributed by atoms with Crippen molar-refractivity contribution in [3.05, 3.63) is 0 Å². The highest BCUT2D eigenvalue weighted by Gasteiger charge is 1.93. The molecule has 1 N–H and O–H groups in total. The zero-order valence-corrected chi connectivity index (χ0v) is 4.94. The van der Waals surface area contributed by atoms with Gasteiger partial charge < -0.3 is 5.11 Å². The molecule has 0 aromatic carbocycles. The van der Waals surface area contributed by atoms with E-state index in [0.29, 0.717) is 0 Å². The van der Waals surface area contributed by atoms with Gasteiger partial charge in [-0.3, -0.25) is 0 Å². The first-order valence-electron chi connectivity index (χ1n) is 3.70. The lowest BCUT2D eigenvalue weighted by Crippen LogP contribution is -1.98. The maximum absolute atomic E-state index is 8.75. The van der Waals surface area contributed by atoms with Gasteiger partial charge in [0.15, 0.2) is 0 Å². The zero-order chi connectivity index (χ0) is 7.49. The van der Waals surface area contributed by atoms with Crippen LogP contribution in [0.5, 0.6) is 0 Å². The molecule has 0 heterocycles. The molecule has 1 atom stereocenters. The fourth-order valence-corrected chi connectivity index (χ4v) is 0.498. The van der Waals surface area contributed by atoms with Crippen molar-refractivity contribution in [1.82, 2.24) is 0 Å². The van der Waals surface area contributed by atoms with Gasteiger partial charge in [0.1, 0.15) is 0 Å². The molecular formula is C6H14O. The van der Waals surface area contributed by atoms with Crippen molar-refractivity contribution in [2.24, 2.45) is 5.92 Å². The van der Waals surface area contributed by atoms with Crippen LogP contribution in [0.15, 0.2) is 0 Å². The Kier molecular flexibility index (Phi) is 2.30. The Morgan fingerprint density at radius 3 is 2.57 bits per heavy atom. The van der Waals surface area contributed by atoms with Crippen molar-refractivity contribution in [3.63, 3.8) is 0 Å². The van der Waals surface area contributed by atoms with Crippen LogP contribution < -0.4 is 0 Å². The minimum absolute atomic E-state index is 0.248. The Morgan fingerprint density at radius 1 is 1.86 bits per heavy atom. The highest BCUT2D eigenvalue weighted by atomic mass is 16.3. The van der Waals surface area contributed by atoms with Crippen LogP contribution in [-0.2, 0) is 0 Å². The molecule has 0 aromatic heterocycles. The molecule has 1 nitrogen and oxygen atoms in total. The Hall–Kier alpha value is -0.0400. The topological polar surface area (TPSA) is 20.2 Å². The Labute approximate surface area is 48.2 Å². The van der Waals surface area contributed by atoms with Crippen LogP contribution in [0.25, 0.3) is 0 Å². The summed E-state index contributed by atoms with van der Waals surface area (Å²) >= 11 is 0. The Balaban J connectivity index is 3.59. The summed E-state index contributed by atoms with van der Waals surface area (Å²) in [4.78, 5) is 0. The van der Waals surface area contributed by atoms with Gasteiger partial charge in [0.05, 0.1) is 2.74 Å². The summed E-state index contributed by atoms with van der Waals surface area (Å²) in [7, 11) is 0. The van der Waals surface area contributed by atoms with E-state index in [4.69, 9.17) is 7.85 Å². The van der Waals surface area contributed by atoms with E-state index in [1.165, 1.54) is 0 Å². The van der Waals surface area contributed by atoms with Crippen LogP contribution in [0.1, 0.15) is 29.4 Å². The van der Waals surface area contributed by atoms with E-state index in [1.54, 1.807) is 6.92 Å². The molecule has 44 valence electrons. The van der Waals surface area contributed by atoms with E-state index < -0.39 is 6.56 Å². The smallest absolute Gasteiger partial charge is 0.0566 e. The largest absolute Gasteiger partial charge is 0.396 e. The molecule has 0 amide bonds. The first kappa shape index (κ1) is 3.90. The van der Waals surface area contributed by atoms with Crippen LogP contribution >= 0.6 is 0 Å². The lowest BCUT2D eigenvalue weighted by atomic mass is 10.1. The predicted octanol–water partition coefficient (Wildman–Crippen LogP) is 1.41. The third-order valence-corrected chi connectivity index (χ3v) is 0.942. The monoisotopic (exact) mass is 104 g/mol. The van der Waals surface area contributed by atoms with Gasteiger partial charge >= 0.3 is 0 Å². The Morgan fingerprint density at radius 2 is 2.43 bits per heavy atom. The normalized spacial score (nSPS) is 20.4. The molecule has 0 rings (SSSR count). The molecule has 0 bridgehead atoms. The van der Waals surface area contributed by atoms with Crippen molar-refractivity contribution < 1.29 is 7.85 Å². The molecule has 0 spiro atoms. The molecule has 0 unspecified atom stereocenters. The van der Waals surface area contributed by atoms with Gasteiger partial charge in [-0.25, -0.2) is 0 Å². The molecule has 0 radical (unpaired) electrons. The average molecular weight is 104 g/mol. The summed E-state index contributed by atoms with van der Waals surface area (Å²) in [5, 5.41) is 8.75. The number of hydrogen-bond acceptors (Lipinski definition) is 1. The van der Waals surface area contributed by atoms with E-state index in [-0.39, 0.29) is 5.92 Å². The summed E-state index contributed by atoms with van der Waals surface area (Å²) in [5.41, 5.74) is 0. The second-order valence-corrected chi connectivity index (χ2v) is 1.82. The van der Waals surface area contributed by atoms with Crippen LogP contribution in [0.3, 0.4) is 0 Å². The SMILES string of the molecule is [2H]C([2H])(O)[C@@H](C)CCC. The molecule has 0 fully saturated rings. The van der Waals surface area contributed by atoms with Crippen molar-refractivity contribution in [2.45, 2.75) is 26.7 Å². The highest BCUT2D eigenvalue weighted by molar-refractivity contribution is 4.45. The molecule has 1 heteroatoms. The maximum Gasteiger partial charge on any atom is 0.0566 e. The van der Waals surface area contributed by atoms with Gasteiger partial charge in [0.2, 0.25) is 0 Å². The van der Waals surface area contributed by atoms with Crippen molar-refractivity contribution in [3.8, 4) is 0 Å². The molecule has 0 aromatic rings. The third kappa shape index (κ3) is 3.80. The van der Waals surface area contributed by atoms with Gasteiger partial charge in [-0.1, -0.05) is 20.3 Å². The number of rotatable bonds is 3. The van der Waals surface area contributed by atoms with Crippen molar-refractivity contribution >= 4 is 0 Å². The van der Waals surface area contributed by atoms with Crippen molar-refractivity contribution in [2.75, 3.05) is 6.56 Å². The molecule has 7 heavy (non-hydrogen) atoms. The van der Waals surface area contributed by atoms with E-state index in [2.05, 4.69) is 0 Å². The lowest BCUT2D eigenvalue weighted by Gasteiger charge is -2.01. The van der Waals surface area contributed by atoms with E-state index in [1.807, 2.05) is 6.92 Å². The quantitative estimate of drug-likeness (QED) is 0.574.